The minimum Gasteiger partial charge on any atom is -0.872 e. The molecule has 0 spiro atoms. The van der Waals surface area contributed by atoms with Gasteiger partial charge in [-0.2, -0.15) is 0 Å². The first kappa shape index (κ1) is 18.2. The van der Waals surface area contributed by atoms with Gasteiger partial charge in [-0.15, -0.1) is 5.75 Å². The van der Waals surface area contributed by atoms with Crippen molar-refractivity contribution in [1.29, 1.82) is 0 Å². The van der Waals surface area contributed by atoms with Gasteiger partial charge < -0.3 is 5.11 Å². The van der Waals surface area contributed by atoms with Crippen LogP contribution in [0.4, 0.5) is 10.8 Å². The molecule has 0 saturated carbocycles. The first-order valence-corrected chi connectivity index (χ1v) is 7.22. The van der Waals surface area contributed by atoms with E-state index >= 15 is 0 Å². The van der Waals surface area contributed by atoms with Crippen LogP contribution in [0.1, 0.15) is 12.5 Å². The molecule has 1 aromatic heterocycles. The zero-order valence-electron chi connectivity index (χ0n) is 12.5. The van der Waals surface area contributed by atoms with Gasteiger partial charge in [0.2, 0.25) is 5.13 Å². The summed E-state index contributed by atoms with van der Waals surface area (Å²) in [7, 11) is 0. The molecule has 0 aliphatic heterocycles. The van der Waals surface area contributed by atoms with E-state index in [9.17, 15) is 15.2 Å². The van der Waals surface area contributed by atoms with Crippen LogP contribution in [0, 0.1) is 10.1 Å². The molecular formula is C15H10KN3O3S. The van der Waals surface area contributed by atoms with E-state index in [2.05, 4.69) is 9.98 Å². The van der Waals surface area contributed by atoms with Crippen molar-refractivity contribution in [1.82, 2.24) is 4.98 Å². The summed E-state index contributed by atoms with van der Waals surface area (Å²) in [5.41, 5.74) is 2.13. The molecule has 3 aromatic rings. The van der Waals surface area contributed by atoms with Crippen molar-refractivity contribution in [3.05, 3.63) is 58.1 Å². The molecule has 6 nitrogen and oxygen atoms in total. The van der Waals surface area contributed by atoms with Gasteiger partial charge in [0.1, 0.15) is 0 Å². The van der Waals surface area contributed by atoms with Gasteiger partial charge in [-0.1, -0.05) is 35.6 Å². The number of thiazole rings is 1. The molecule has 3 rings (SSSR count). The van der Waals surface area contributed by atoms with Crippen molar-refractivity contribution >= 4 is 38.1 Å². The minimum absolute atomic E-state index is 0. The fraction of sp³-hybridized carbons (Fsp3) is 0.0667. The number of hydrogen-bond acceptors (Lipinski definition) is 6. The minimum atomic E-state index is -0.447. The number of nitro benzene ring substituents is 1. The zero-order valence-corrected chi connectivity index (χ0v) is 16.5. The number of nitro groups is 1. The second-order valence-electron chi connectivity index (χ2n) is 4.63. The summed E-state index contributed by atoms with van der Waals surface area (Å²) in [4.78, 5) is 19.0. The molecule has 0 unspecified atom stereocenters. The first-order valence-electron chi connectivity index (χ1n) is 6.40. The number of non-ortho nitro benzene ring substituents is 1. The SMILES string of the molecule is C/C(=N\c1nc2cc([N+](=O)[O-])ccc2s1)c1ccc([O-])cc1.[K+]. The normalized spacial score (nSPS) is 11.3. The molecule has 0 aliphatic carbocycles. The van der Waals surface area contributed by atoms with Crippen LogP contribution in [0.15, 0.2) is 47.5 Å². The van der Waals surface area contributed by atoms with E-state index in [4.69, 9.17) is 0 Å². The van der Waals surface area contributed by atoms with Crippen LogP contribution in [0.5, 0.6) is 5.75 Å². The third-order valence-electron chi connectivity index (χ3n) is 3.11. The number of aliphatic imine (C=N–C) groups is 1. The van der Waals surface area contributed by atoms with E-state index in [1.54, 1.807) is 18.2 Å². The summed E-state index contributed by atoms with van der Waals surface area (Å²) in [6.45, 7) is 1.83. The quantitative estimate of drug-likeness (QED) is 0.296. The van der Waals surface area contributed by atoms with Crippen LogP contribution in [0.2, 0.25) is 0 Å². The third-order valence-corrected chi connectivity index (χ3v) is 4.04. The van der Waals surface area contributed by atoms with Crippen molar-refractivity contribution in [2.45, 2.75) is 6.92 Å². The molecule has 0 atom stereocenters. The molecule has 1 heterocycles. The van der Waals surface area contributed by atoms with Gasteiger partial charge >= 0.3 is 51.4 Å². The molecule has 0 saturated heterocycles. The average molecular weight is 351 g/mol. The number of benzene rings is 2. The number of fused-ring (bicyclic) bond motifs is 1. The van der Waals surface area contributed by atoms with E-state index in [0.717, 1.165) is 16.0 Å². The van der Waals surface area contributed by atoms with Crippen LogP contribution in [0.25, 0.3) is 10.2 Å². The molecule has 0 amide bonds. The van der Waals surface area contributed by atoms with Crippen LogP contribution < -0.4 is 56.5 Å². The third kappa shape index (κ3) is 4.22. The Morgan fingerprint density at radius 3 is 2.57 bits per heavy atom. The Labute approximate surface area is 178 Å². The number of rotatable bonds is 3. The van der Waals surface area contributed by atoms with E-state index in [-0.39, 0.29) is 62.8 Å². The van der Waals surface area contributed by atoms with E-state index < -0.39 is 4.92 Å². The van der Waals surface area contributed by atoms with Gasteiger partial charge in [0.25, 0.3) is 5.69 Å². The Balaban J connectivity index is 0.00000192. The predicted molar refractivity (Wildman–Crippen MR) is 84.0 cm³/mol. The fourth-order valence-corrected chi connectivity index (χ4v) is 2.84. The monoisotopic (exact) mass is 351 g/mol. The second kappa shape index (κ2) is 7.60. The van der Waals surface area contributed by atoms with Crippen LogP contribution in [-0.4, -0.2) is 15.6 Å². The van der Waals surface area contributed by atoms with Crippen LogP contribution in [0.3, 0.4) is 0 Å². The Bertz CT molecular complexity index is 891. The number of nitrogens with zero attached hydrogens (tertiary/aromatic N) is 3. The maximum atomic E-state index is 11.1. The van der Waals surface area contributed by atoms with Crippen LogP contribution in [-0.2, 0) is 0 Å². The summed E-state index contributed by atoms with van der Waals surface area (Å²) in [5, 5.41) is 22.4. The average Bonchev–Trinajstić information content (AvgIpc) is 2.88. The molecule has 23 heavy (non-hydrogen) atoms. The van der Waals surface area contributed by atoms with Crippen molar-refractivity contribution in [3.63, 3.8) is 0 Å². The summed E-state index contributed by atoms with van der Waals surface area (Å²) in [6, 6.07) is 10.9. The summed E-state index contributed by atoms with van der Waals surface area (Å²) >= 11 is 1.36. The molecule has 0 fully saturated rings. The van der Waals surface area contributed by atoms with Gasteiger partial charge in [-0.3, -0.25) is 10.1 Å². The van der Waals surface area contributed by atoms with Crippen molar-refractivity contribution < 1.29 is 61.4 Å². The van der Waals surface area contributed by atoms with Crippen molar-refractivity contribution in [3.8, 4) is 5.75 Å². The van der Waals surface area contributed by atoms with Crippen LogP contribution >= 0.6 is 11.3 Å². The summed E-state index contributed by atoms with van der Waals surface area (Å²) < 4.78 is 0.840. The molecule has 110 valence electrons. The van der Waals surface area contributed by atoms with Gasteiger partial charge in [-0.05, 0) is 18.6 Å². The molecule has 0 aliphatic rings. The molecule has 0 N–H and O–H groups in total. The summed E-state index contributed by atoms with van der Waals surface area (Å²) in [6.07, 6.45) is 0. The van der Waals surface area contributed by atoms with Gasteiger partial charge in [-0.25, -0.2) is 9.98 Å². The molecule has 0 bridgehead atoms. The Morgan fingerprint density at radius 1 is 1.22 bits per heavy atom. The smallest absolute Gasteiger partial charge is 0.872 e. The molecule has 0 radical (unpaired) electrons. The Kier molecular flexibility index (Phi) is 6.01. The van der Waals surface area contributed by atoms with E-state index in [0.29, 0.717) is 10.6 Å². The van der Waals surface area contributed by atoms with Crippen molar-refractivity contribution in [2.24, 2.45) is 4.99 Å². The van der Waals surface area contributed by atoms with E-state index in [1.165, 1.54) is 35.6 Å². The largest absolute Gasteiger partial charge is 1.00 e. The topological polar surface area (TPSA) is 91.5 Å². The maximum absolute atomic E-state index is 11.1. The standard InChI is InChI=1S/C15H11N3O3S.K/c1-9(10-2-5-12(19)6-3-10)16-15-17-13-8-11(18(20)21)4-7-14(13)22-15;/h2-8,19H,1H3;/q;+1/p-1/b16-9+;. The Morgan fingerprint density at radius 2 is 1.91 bits per heavy atom. The summed E-state index contributed by atoms with van der Waals surface area (Å²) in [5.74, 6) is -0.0520. The zero-order chi connectivity index (χ0) is 15.7. The predicted octanol–water partition coefficient (Wildman–Crippen LogP) is 0.423. The number of aromatic nitrogens is 1. The second-order valence-corrected chi connectivity index (χ2v) is 5.64. The molecule has 2 aromatic carbocycles. The maximum Gasteiger partial charge on any atom is 1.00 e. The van der Waals surface area contributed by atoms with Crippen molar-refractivity contribution in [2.75, 3.05) is 0 Å². The molecule has 8 heteroatoms. The molecular weight excluding hydrogens is 341 g/mol. The van der Waals surface area contributed by atoms with Gasteiger partial charge in [0.15, 0.2) is 0 Å². The van der Waals surface area contributed by atoms with E-state index in [1.807, 2.05) is 6.92 Å². The fourth-order valence-electron chi connectivity index (χ4n) is 1.97. The van der Waals surface area contributed by atoms with Gasteiger partial charge in [0.05, 0.1) is 15.1 Å². The first-order chi connectivity index (χ1) is 10.5. The Hall–Kier alpha value is -1.16. The van der Waals surface area contributed by atoms with Gasteiger partial charge in [0, 0.05) is 17.8 Å². The number of hydrogen-bond donors (Lipinski definition) is 0.